The molecule has 21 heavy (non-hydrogen) atoms. The SMILES string of the molecule is C=CC(=O)NOc1ccccc1C(=O)Nc1ccccc1. The van der Waals surface area contributed by atoms with Crippen LogP contribution in [0.3, 0.4) is 0 Å². The van der Waals surface area contributed by atoms with E-state index < -0.39 is 5.91 Å². The van der Waals surface area contributed by atoms with Gasteiger partial charge in [-0.05, 0) is 30.3 Å². The molecule has 0 aliphatic heterocycles. The van der Waals surface area contributed by atoms with Crippen LogP contribution in [0.15, 0.2) is 67.3 Å². The van der Waals surface area contributed by atoms with Gasteiger partial charge in [-0.3, -0.25) is 9.59 Å². The van der Waals surface area contributed by atoms with E-state index in [2.05, 4.69) is 17.4 Å². The lowest BCUT2D eigenvalue weighted by atomic mass is 10.2. The molecule has 2 amide bonds. The number of carbonyl (C=O) groups excluding carboxylic acids is 2. The summed E-state index contributed by atoms with van der Waals surface area (Å²) in [5.74, 6) is -0.570. The fraction of sp³-hybridized carbons (Fsp3) is 0. The van der Waals surface area contributed by atoms with Crippen molar-refractivity contribution in [3.05, 3.63) is 72.8 Å². The molecule has 0 saturated carbocycles. The minimum Gasteiger partial charge on any atom is -0.378 e. The molecule has 106 valence electrons. The number of anilines is 1. The molecule has 0 aliphatic rings. The van der Waals surface area contributed by atoms with Crippen LogP contribution in [0.2, 0.25) is 0 Å². The molecule has 5 heteroatoms. The molecule has 2 aromatic rings. The zero-order chi connectivity index (χ0) is 15.1. The van der Waals surface area contributed by atoms with Crippen molar-refractivity contribution in [3.8, 4) is 5.75 Å². The van der Waals surface area contributed by atoms with Crippen LogP contribution in [0.25, 0.3) is 0 Å². The van der Waals surface area contributed by atoms with Gasteiger partial charge in [0.2, 0.25) is 0 Å². The second kappa shape index (κ2) is 6.91. The lowest BCUT2D eigenvalue weighted by Crippen LogP contribution is -2.26. The van der Waals surface area contributed by atoms with Gasteiger partial charge in [0.25, 0.3) is 11.8 Å². The maximum absolute atomic E-state index is 12.2. The van der Waals surface area contributed by atoms with Crippen LogP contribution < -0.4 is 15.6 Å². The Morgan fingerprint density at radius 3 is 2.38 bits per heavy atom. The van der Waals surface area contributed by atoms with Crippen molar-refractivity contribution in [2.45, 2.75) is 0 Å². The van der Waals surface area contributed by atoms with Gasteiger partial charge in [-0.25, -0.2) is 0 Å². The Hall–Kier alpha value is -3.08. The Morgan fingerprint density at radius 1 is 1.00 bits per heavy atom. The molecule has 5 nitrogen and oxygen atoms in total. The summed E-state index contributed by atoms with van der Waals surface area (Å²) in [6.07, 6.45) is 1.08. The molecule has 2 rings (SSSR count). The summed E-state index contributed by atoms with van der Waals surface area (Å²) in [7, 11) is 0. The highest BCUT2D eigenvalue weighted by atomic mass is 16.7. The van der Waals surface area contributed by atoms with Gasteiger partial charge in [0, 0.05) is 5.69 Å². The topological polar surface area (TPSA) is 67.4 Å². The van der Waals surface area contributed by atoms with Gasteiger partial charge in [0.05, 0.1) is 5.56 Å². The van der Waals surface area contributed by atoms with E-state index in [-0.39, 0.29) is 11.7 Å². The fourth-order valence-corrected chi connectivity index (χ4v) is 1.61. The van der Waals surface area contributed by atoms with Crippen LogP contribution in [0.4, 0.5) is 5.69 Å². The van der Waals surface area contributed by atoms with Crippen LogP contribution in [-0.2, 0) is 4.79 Å². The molecule has 0 bridgehead atoms. The number of rotatable bonds is 5. The van der Waals surface area contributed by atoms with Crippen LogP contribution in [-0.4, -0.2) is 11.8 Å². The number of carbonyl (C=O) groups is 2. The van der Waals surface area contributed by atoms with Crippen molar-refractivity contribution >= 4 is 17.5 Å². The number of nitrogens with one attached hydrogen (secondary N) is 2. The Morgan fingerprint density at radius 2 is 1.67 bits per heavy atom. The maximum atomic E-state index is 12.2. The number of hydroxylamine groups is 1. The van der Waals surface area contributed by atoms with Crippen LogP contribution in [0.1, 0.15) is 10.4 Å². The molecule has 0 heterocycles. The van der Waals surface area contributed by atoms with E-state index in [9.17, 15) is 9.59 Å². The highest BCUT2D eigenvalue weighted by Crippen LogP contribution is 2.19. The highest BCUT2D eigenvalue weighted by molar-refractivity contribution is 6.06. The van der Waals surface area contributed by atoms with Gasteiger partial charge >= 0.3 is 0 Å². The Balaban J connectivity index is 2.13. The second-order valence-electron chi connectivity index (χ2n) is 4.09. The molecule has 2 aromatic carbocycles. The summed E-state index contributed by atoms with van der Waals surface area (Å²) in [5.41, 5.74) is 3.16. The Bertz CT molecular complexity index is 654. The molecule has 0 radical (unpaired) electrons. The van der Waals surface area contributed by atoms with Crippen molar-refractivity contribution in [2.24, 2.45) is 0 Å². The molecule has 2 N–H and O–H groups in total. The van der Waals surface area contributed by atoms with E-state index in [1.807, 2.05) is 18.2 Å². The fourth-order valence-electron chi connectivity index (χ4n) is 1.61. The Kier molecular flexibility index (Phi) is 4.71. The van der Waals surface area contributed by atoms with Crippen molar-refractivity contribution in [1.29, 1.82) is 0 Å². The van der Waals surface area contributed by atoms with E-state index in [4.69, 9.17) is 4.84 Å². The number of para-hydroxylation sites is 2. The number of amides is 2. The standard InChI is InChI=1S/C16H14N2O3/c1-2-15(19)18-21-14-11-7-6-10-13(14)16(20)17-12-8-4-3-5-9-12/h2-11H,1H2,(H,17,20)(H,18,19). The van der Waals surface area contributed by atoms with Crippen LogP contribution in [0.5, 0.6) is 5.75 Å². The minimum absolute atomic E-state index is 0.251. The normalized spacial score (nSPS) is 9.52. The largest absolute Gasteiger partial charge is 0.378 e. The number of benzene rings is 2. The summed E-state index contributed by atoms with van der Waals surface area (Å²) in [6.45, 7) is 3.31. The van der Waals surface area contributed by atoms with Gasteiger partial charge in [-0.15, -0.1) is 0 Å². The van der Waals surface area contributed by atoms with Gasteiger partial charge in [-0.1, -0.05) is 36.9 Å². The lowest BCUT2D eigenvalue weighted by molar-refractivity contribution is -0.122. The van der Waals surface area contributed by atoms with E-state index in [0.29, 0.717) is 11.3 Å². The predicted octanol–water partition coefficient (Wildman–Crippen LogP) is 2.53. The van der Waals surface area contributed by atoms with Gasteiger partial charge in [0.1, 0.15) is 0 Å². The molecule has 0 unspecified atom stereocenters. The molecule has 0 atom stereocenters. The zero-order valence-corrected chi connectivity index (χ0v) is 11.2. The third-order valence-electron chi connectivity index (χ3n) is 2.61. The first kappa shape index (κ1) is 14.3. The first-order chi connectivity index (χ1) is 10.2. The van der Waals surface area contributed by atoms with Crippen LogP contribution in [0, 0.1) is 0 Å². The third kappa shape index (κ3) is 3.94. The molecule has 0 fully saturated rings. The first-order valence-electron chi connectivity index (χ1n) is 6.25. The van der Waals surface area contributed by atoms with E-state index in [0.717, 1.165) is 6.08 Å². The van der Waals surface area contributed by atoms with E-state index in [1.54, 1.807) is 36.4 Å². The molecule has 0 aliphatic carbocycles. The van der Waals surface area contributed by atoms with Gasteiger partial charge in [0.15, 0.2) is 5.75 Å². The smallest absolute Gasteiger partial charge is 0.276 e. The second-order valence-corrected chi connectivity index (χ2v) is 4.09. The minimum atomic E-state index is -0.492. The summed E-state index contributed by atoms with van der Waals surface area (Å²) in [5, 5.41) is 2.75. The monoisotopic (exact) mass is 282 g/mol. The lowest BCUT2D eigenvalue weighted by Gasteiger charge is -2.10. The van der Waals surface area contributed by atoms with E-state index >= 15 is 0 Å². The molecular weight excluding hydrogens is 268 g/mol. The predicted molar refractivity (Wildman–Crippen MR) is 79.8 cm³/mol. The quantitative estimate of drug-likeness (QED) is 0.654. The van der Waals surface area contributed by atoms with Crippen molar-refractivity contribution in [3.63, 3.8) is 0 Å². The van der Waals surface area contributed by atoms with Crippen molar-refractivity contribution < 1.29 is 14.4 Å². The summed E-state index contributed by atoms with van der Waals surface area (Å²) < 4.78 is 0. The van der Waals surface area contributed by atoms with Crippen molar-refractivity contribution in [1.82, 2.24) is 5.48 Å². The average Bonchev–Trinajstić information content (AvgIpc) is 2.53. The first-order valence-corrected chi connectivity index (χ1v) is 6.25. The van der Waals surface area contributed by atoms with Gasteiger partial charge in [-0.2, -0.15) is 5.48 Å². The summed E-state index contributed by atoms with van der Waals surface area (Å²) in [6, 6.07) is 15.7. The average molecular weight is 282 g/mol. The van der Waals surface area contributed by atoms with Crippen molar-refractivity contribution in [2.75, 3.05) is 5.32 Å². The molecule has 0 spiro atoms. The van der Waals surface area contributed by atoms with E-state index in [1.165, 1.54) is 0 Å². The molecular formula is C16H14N2O3. The summed E-state index contributed by atoms with van der Waals surface area (Å²) >= 11 is 0. The van der Waals surface area contributed by atoms with Gasteiger partial charge < -0.3 is 10.2 Å². The number of hydrogen-bond acceptors (Lipinski definition) is 3. The summed E-state index contributed by atoms with van der Waals surface area (Å²) in [4.78, 5) is 28.4. The zero-order valence-electron chi connectivity index (χ0n) is 11.2. The van der Waals surface area contributed by atoms with Crippen LogP contribution >= 0.6 is 0 Å². The number of hydrogen-bond donors (Lipinski definition) is 2. The maximum Gasteiger partial charge on any atom is 0.276 e. The third-order valence-corrected chi connectivity index (χ3v) is 2.61. The Labute approximate surface area is 122 Å². The molecule has 0 saturated heterocycles. The molecule has 0 aromatic heterocycles. The highest BCUT2D eigenvalue weighted by Gasteiger charge is 2.13.